The summed E-state index contributed by atoms with van der Waals surface area (Å²) in [4.78, 5) is 13.1. The Labute approximate surface area is 175 Å². The zero-order valence-electron chi connectivity index (χ0n) is 17.0. The van der Waals surface area contributed by atoms with Crippen molar-refractivity contribution in [2.45, 2.75) is 25.2 Å². The number of amides is 1. The van der Waals surface area contributed by atoms with Gasteiger partial charge in [0.2, 0.25) is 12.7 Å². The van der Waals surface area contributed by atoms with Crippen molar-refractivity contribution in [3.63, 3.8) is 0 Å². The number of hydrogen-bond acceptors (Lipinski definition) is 4. The molecule has 0 unspecified atom stereocenters. The predicted octanol–water partition coefficient (Wildman–Crippen LogP) is 5.07. The molecule has 5 heteroatoms. The van der Waals surface area contributed by atoms with Gasteiger partial charge in [0.25, 0.3) is 0 Å². The second kappa shape index (κ2) is 7.10. The first-order chi connectivity index (χ1) is 14.6. The van der Waals surface area contributed by atoms with E-state index >= 15 is 0 Å². The van der Waals surface area contributed by atoms with Crippen LogP contribution in [0.25, 0.3) is 11.1 Å². The summed E-state index contributed by atoms with van der Waals surface area (Å²) < 4.78 is 16.1. The van der Waals surface area contributed by atoms with Crippen LogP contribution in [0.1, 0.15) is 24.0 Å². The molecule has 30 heavy (non-hydrogen) atoms. The van der Waals surface area contributed by atoms with Gasteiger partial charge in [0.15, 0.2) is 11.5 Å². The average Bonchev–Trinajstić information content (AvgIpc) is 3.45. The first kappa shape index (κ1) is 18.6. The summed E-state index contributed by atoms with van der Waals surface area (Å²) in [5.74, 6) is 2.31. The van der Waals surface area contributed by atoms with Gasteiger partial charge in [-0.3, -0.25) is 4.79 Å². The van der Waals surface area contributed by atoms with Crippen LogP contribution in [0.4, 0.5) is 5.69 Å². The Bertz CT molecular complexity index is 1120. The van der Waals surface area contributed by atoms with Crippen LogP contribution >= 0.6 is 0 Å². The van der Waals surface area contributed by atoms with E-state index in [4.69, 9.17) is 14.2 Å². The average molecular weight is 401 g/mol. The van der Waals surface area contributed by atoms with Crippen molar-refractivity contribution in [3.05, 3.63) is 71.8 Å². The van der Waals surface area contributed by atoms with Gasteiger partial charge < -0.3 is 19.5 Å². The summed E-state index contributed by atoms with van der Waals surface area (Å²) in [7, 11) is 1.66. The summed E-state index contributed by atoms with van der Waals surface area (Å²) in [6, 6.07) is 19.8. The Morgan fingerprint density at radius 2 is 1.73 bits per heavy atom. The number of hydrogen-bond donors (Lipinski definition) is 1. The highest BCUT2D eigenvalue weighted by molar-refractivity contribution is 6.01. The van der Waals surface area contributed by atoms with Crippen molar-refractivity contribution in [2.24, 2.45) is 0 Å². The van der Waals surface area contributed by atoms with E-state index in [2.05, 4.69) is 12.2 Å². The number of aryl methyl sites for hydroxylation is 1. The number of benzene rings is 3. The highest BCUT2D eigenvalue weighted by Crippen LogP contribution is 2.51. The Hall–Kier alpha value is -3.47. The summed E-state index contributed by atoms with van der Waals surface area (Å²) in [6.45, 7) is 2.29. The molecule has 0 spiro atoms. The lowest BCUT2D eigenvalue weighted by Crippen LogP contribution is -2.27. The molecule has 0 aromatic heterocycles. The van der Waals surface area contributed by atoms with E-state index in [0.29, 0.717) is 5.75 Å². The van der Waals surface area contributed by atoms with E-state index < -0.39 is 5.41 Å². The molecule has 5 rings (SSSR count). The summed E-state index contributed by atoms with van der Waals surface area (Å²) in [6.07, 6.45) is 1.67. The van der Waals surface area contributed by atoms with Crippen LogP contribution in [0.5, 0.6) is 17.2 Å². The first-order valence-corrected chi connectivity index (χ1v) is 10.1. The molecular formula is C25H23NO4. The number of fused-ring (bicyclic) bond motifs is 1. The van der Waals surface area contributed by atoms with E-state index in [1.165, 1.54) is 0 Å². The Balaban J connectivity index is 1.35. The van der Waals surface area contributed by atoms with Crippen LogP contribution in [-0.4, -0.2) is 19.8 Å². The molecule has 0 bridgehead atoms. The van der Waals surface area contributed by atoms with E-state index in [-0.39, 0.29) is 12.7 Å². The standard InChI is InChI=1S/C25H23NO4/c1-16-13-19(6-9-21(16)17-3-7-20(28-2)8-4-17)26-24(27)25(11-12-25)18-5-10-22-23(14-18)30-15-29-22/h3-10,13-14H,11-12,15H2,1-2H3,(H,26,27). The van der Waals surface area contributed by atoms with Crippen molar-refractivity contribution in [3.8, 4) is 28.4 Å². The number of nitrogens with one attached hydrogen (secondary N) is 1. The molecule has 0 atom stereocenters. The summed E-state index contributed by atoms with van der Waals surface area (Å²) in [5.41, 5.74) is 4.66. The molecule has 1 N–H and O–H groups in total. The van der Waals surface area contributed by atoms with E-state index in [0.717, 1.165) is 52.3 Å². The van der Waals surface area contributed by atoms with Crippen LogP contribution in [0.3, 0.4) is 0 Å². The Kier molecular flexibility index (Phi) is 4.39. The smallest absolute Gasteiger partial charge is 0.235 e. The minimum atomic E-state index is -0.483. The highest BCUT2D eigenvalue weighted by atomic mass is 16.7. The van der Waals surface area contributed by atoms with Gasteiger partial charge in [-0.1, -0.05) is 24.3 Å². The highest BCUT2D eigenvalue weighted by Gasteiger charge is 2.51. The largest absolute Gasteiger partial charge is 0.497 e. The van der Waals surface area contributed by atoms with Gasteiger partial charge in [0, 0.05) is 5.69 Å². The molecule has 152 valence electrons. The Morgan fingerprint density at radius 3 is 2.43 bits per heavy atom. The normalized spacial score (nSPS) is 15.5. The van der Waals surface area contributed by atoms with E-state index in [1.807, 2.05) is 60.7 Å². The fourth-order valence-corrected chi connectivity index (χ4v) is 4.05. The molecule has 2 aliphatic rings. The van der Waals surface area contributed by atoms with Gasteiger partial charge in [-0.25, -0.2) is 0 Å². The third-order valence-electron chi connectivity index (χ3n) is 6.00. The van der Waals surface area contributed by atoms with Crippen LogP contribution in [0.2, 0.25) is 0 Å². The maximum Gasteiger partial charge on any atom is 0.235 e. The quantitative estimate of drug-likeness (QED) is 0.649. The fraction of sp³-hybridized carbons (Fsp3) is 0.240. The van der Waals surface area contributed by atoms with Crippen LogP contribution < -0.4 is 19.5 Å². The fourth-order valence-electron chi connectivity index (χ4n) is 4.05. The molecule has 3 aromatic carbocycles. The molecule has 1 saturated carbocycles. The third-order valence-corrected chi connectivity index (χ3v) is 6.00. The maximum absolute atomic E-state index is 13.1. The number of carbonyl (C=O) groups excluding carboxylic acids is 1. The molecule has 1 aliphatic heterocycles. The number of ether oxygens (including phenoxy) is 3. The maximum atomic E-state index is 13.1. The SMILES string of the molecule is COc1ccc(-c2ccc(NC(=O)C3(c4ccc5c(c4)OCO5)CC3)cc2C)cc1. The topological polar surface area (TPSA) is 56.8 Å². The summed E-state index contributed by atoms with van der Waals surface area (Å²) >= 11 is 0. The van der Waals surface area contributed by atoms with Crippen molar-refractivity contribution >= 4 is 11.6 Å². The molecule has 5 nitrogen and oxygen atoms in total. The Morgan fingerprint density at radius 1 is 0.967 bits per heavy atom. The van der Waals surface area contributed by atoms with Gasteiger partial charge in [0.05, 0.1) is 12.5 Å². The monoisotopic (exact) mass is 401 g/mol. The zero-order valence-corrected chi connectivity index (χ0v) is 17.0. The summed E-state index contributed by atoms with van der Waals surface area (Å²) in [5, 5.41) is 3.12. The van der Waals surface area contributed by atoms with Gasteiger partial charge in [-0.2, -0.15) is 0 Å². The lowest BCUT2D eigenvalue weighted by atomic mass is 9.94. The van der Waals surface area contributed by atoms with Crippen molar-refractivity contribution in [1.29, 1.82) is 0 Å². The number of anilines is 1. The number of rotatable bonds is 5. The third kappa shape index (κ3) is 3.16. The molecule has 3 aromatic rings. The van der Waals surface area contributed by atoms with Gasteiger partial charge >= 0.3 is 0 Å². The van der Waals surface area contributed by atoms with Gasteiger partial charge in [0.1, 0.15) is 5.75 Å². The molecule has 0 saturated heterocycles. The van der Waals surface area contributed by atoms with Crippen LogP contribution in [0.15, 0.2) is 60.7 Å². The van der Waals surface area contributed by atoms with Crippen molar-refractivity contribution in [2.75, 3.05) is 19.2 Å². The lowest BCUT2D eigenvalue weighted by Gasteiger charge is -2.17. The van der Waals surface area contributed by atoms with Crippen molar-refractivity contribution in [1.82, 2.24) is 0 Å². The lowest BCUT2D eigenvalue weighted by molar-refractivity contribution is -0.118. The second-order valence-electron chi connectivity index (χ2n) is 7.86. The molecule has 1 amide bonds. The minimum Gasteiger partial charge on any atom is -0.497 e. The second-order valence-corrected chi connectivity index (χ2v) is 7.86. The van der Waals surface area contributed by atoms with E-state index in [1.54, 1.807) is 7.11 Å². The van der Waals surface area contributed by atoms with Crippen LogP contribution in [0, 0.1) is 6.92 Å². The molecule has 1 heterocycles. The minimum absolute atomic E-state index is 0.0259. The molecule has 0 radical (unpaired) electrons. The number of methoxy groups -OCH3 is 1. The van der Waals surface area contributed by atoms with Gasteiger partial charge in [-0.15, -0.1) is 0 Å². The predicted molar refractivity (Wildman–Crippen MR) is 115 cm³/mol. The molecular weight excluding hydrogens is 378 g/mol. The number of carbonyl (C=O) groups is 1. The van der Waals surface area contributed by atoms with Crippen LogP contribution in [-0.2, 0) is 10.2 Å². The van der Waals surface area contributed by atoms with E-state index in [9.17, 15) is 4.79 Å². The van der Waals surface area contributed by atoms with Gasteiger partial charge in [-0.05, 0) is 78.4 Å². The molecule has 1 fully saturated rings. The van der Waals surface area contributed by atoms with Crippen molar-refractivity contribution < 1.29 is 19.0 Å². The first-order valence-electron chi connectivity index (χ1n) is 10.1. The zero-order chi connectivity index (χ0) is 20.7. The molecule has 1 aliphatic carbocycles.